The van der Waals surface area contributed by atoms with E-state index in [2.05, 4.69) is 0 Å². The largest absolute Gasteiger partial charge is 0.488 e. The van der Waals surface area contributed by atoms with Crippen LogP contribution < -0.4 is 4.74 Å². The van der Waals surface area contributed by atoms with Gasteiger partial charge in [0.1, 0.15) is 18.2 Å². The Bertz CT molecular complexity index is 730. The second kappa shape index (κ2) is 5.75. The second-order valence-electron chi connectivity index (χ2n) is 4.72. The summed E-state index contributed by atoms with van der Waals surface area (Å²) in [6, 6.07) is 13.8. The molecule has 0 unspecified atom stereocenters. The lowest BCUT2D eigenvalue weighted by molar-refractivity contribution is 0.0998. The molecule has 0 atom stereocenters. The smallest absolute Gasteiger partial charge is 0.196 e. The van der Waals surface area contributed by atoms with Gasteiger partial charge >= 0.3 is 0 Å². The molecule has 0 aliphatic carbocycles. The Morgan fingerprint density at radius 1 is 1.10 bits per heavy atom. The first-order chi connectivity index (χ1) is 10.2. The van der Waals surface area contributed by atoms with Gasteiger partial charge in [-0.1, -0.05) is 48.6 Å². The summed E-state index contributed by atoms with van der Waals surface area (Å²) in [5.74, 6) is -0.189. The van der Waals surface area contributed by atoms with Crippen molar-refractivity contribution in [2.24, 2.45) is 0 Å². The SMILES string of the molecule is O=C1/C(=C/C=C/c2ccccc2)COc2ccc(F)cc21. The van der Waals surface area contributed by atoms with Crippen molar-refractivity contribution in [3.63, 3.8) is 0 Å². The first kappa shape index (κ1) is 13.3. The maximum atomic E-state index is 13.2. The number of allylic oxidation sites excluding steroid dienone is 2. The predicted molar refractivity (Wildman–Crippen MR) is 79.8 cm³/mol. The molecule has 2 nitrogen and oxygen atoms in total. The van der Waals surface area contributed by atoms with Gasteiger partial charge in [-0.15, -0.1) is 0 Å². The topological polar surface area (TPSA) is 26.3 Å². The number of ketones is 1. The molecule has 0 N–H and O–H groups in total. The van der Waals surface area contributed by atoms with E-state index in [1.165, 1.54) is 18.2 Å². The van der Waals surface area contributed by atoms with Crippen LogP contribution in [0.1, 0.15) is 15.9 Å². The number of hydrogen-bond donors (Lipinski definition) is 0. The zero-order valence-electron chi connectivity index (χ0n) is 11.3. The molecule has 0 radical (unpaired) electrons. The van der Waals surface area contributed by atoms with Gasteiger partial charge in [-0.3, -0.25) is 4.79 Å². The summed E-state index contributed by atoms with van der Waals surface area (Å²) in [5, 5.41) is 0. The van der Waals surface area contributed by atoms with Crippen LogP contribution in [-0.2, 0) is 0 Å². The molecule has 0 saturated heterocycles. The average Bonchev–Trinajstić information content (AvgIpc) is 2.51. The van der Waals surface area contributed by atoms with Crippen LogP contribution in [0.25, 0.3) is 6.08 Å². The van der Waals surface area contributed by atoms with Crippen LogP contribution in [0.3, 0.4) is 0 Å². The minimum absolute atomic E-state index is 0.187. The number of hydrogen-bond acceptors (Lipinski definition) is 2. The maximum Gasteiger partial charge on any atom is 0.196 e. The highest BCUT2D eigenvalue weighted by atomic mass is 19.1. The Morgan fingerprint density at radius 3 is 2.71 bits per heavy atom. The van der Waals surface area contributed by atoms with E-state index in [0.29, 0.717) is 11.3 Å². The summed E-state index contributed by atoms with van der Waals surface area (Å²) >= 11 is 0. The van der Waals surface area contributed by atoms with Crippen molar-refractivity contribution in [2.45, 2.75) is 0 Å². The molecule has 0 fully saturated rings. The Morgan fingerprint density at radius 2 is 1.90 bits per heavy atom. The van der Waals surface area contributed by atoms with Crippen LogP contribution in [0.2, 0.25) is 0 Å². The summed E-state index contributed by atoms with van der Waals surface area (Å²) in [6.45, 7) is 0.205. The predicted octanol–water partition coefficient (Wildman–Crippen LogP) is 4.04. The van der Waals surface area contributed by atoms with E-state index in [9.17, 15) is 9.18 Å². The lowest BCUT2D eigenvalue weighted by Crippen LogP contribution is -2.19. The van der Waals surface area contributed by atoms with Crippen LogP contribution in [0.5, 0.6) is 5.75 Å². The van der Waals surface area contributed by atoms with E-state index in [-0.39, 0.29) is 18.0 Å². The van der Waals surface area contributed by atoms with Crippen molar-refractivity contribution in [3.05, 3.63) is 83.2 Å². The third-order valence-corrected chi connectivity index (χ3v) is 3.25. The Hall–Kier alpha value is -2.68. The molecule has 3 rings (SSSR count). The van der Waals surface area contributed by atoms with Crippen LogP contribution in [0.15, 0.2) is 66.3 Å². The molecule has 0 spiro atoms. The molecule has 2 aromatic carbocycles. The molecule has 0 saturated carbocycles. The van der Waals surface area contributed by atoms with E-state index < -0.39 is 5.82 Å². The lowest BCUT2D eigenvalue weighted by Gasteiger charge is -2.18. The van der Waals surface area contributed by atoms with Crippen molar-refractivity contribution >= 4 is 11.9 Å². The fourth-order valence-electron chi connectivity index (χ4n) is 2.16. The van der Waals surface area contributed by atoms with Gasteiger partial charge in [-0.25, -0.2) is 4.39 Å². The summed E-state index contributed by atoms with van der Waals surface area (Å²) in [4.78, 5) is 12.3. The first-order valence-electron chi connectivity index (χ1n) is 6.63. The molecule has 1 aliphatic rings. The van der Waals surface area contributed by atoms with Gasteiger partial charge in [0, 0.05) is 5.57 Å². The van der Waals surface area contributed by atoms with Crippen LogP contribution in [0, 0.1) is 5.82 Å². The molecule has 0 bridgehead atoms. The highest BCUT2D eigenvalue weighted by molar-refractivity contribution is 6.11. The molecule has 21 heavy (non-hydrogen) atoms. The highest BCUT2D eigenvalue weighted by Crippen LogP contribution is 2.27. The second-order valence-corrected chi connectivity index (χ2v) is 4.72. The molecule has 0 aromatic heterocycles. The van der Waals surface area contributed by atoms with Crippen LogP contribution in [0.4, 0.5) is 4.39 Å². The van der Waals surface area contributed by atoms with Gasteiger partial charge in [0.15, 0.2) is 5.78 Å². The number of carbonyl (C=O) groups excluding carboxylic acids is 1. The molecule has 0 amide bonds. The number of rotatable bonds is 2. The van der Waals surface area contributed by atoms with E-state index in [1.807, 2.05) is 36.4 Å². The fraction of sp³-hybridized carbons (Fsp3) is 0.0556. The summed E-state index contributed by atoms with van der Waals surface area (Å²) in [7, 11) is 0. The summed E-state index contributed by atoms with van der Waals surface area (Å²) in [6.07, 6.45) is 5.42. The molecular formula is C18H13FO2. The molecule has 2 aromatic rings. The van der Waals surface area contributed by atoms with Gasteiger partial charge < -0.3 is 4.74 Å². The monoisotopic (exact) mass is 280 g/mol. The van der Waals surface area contributed by atoms with Crippen molar-refractivity contribution in [3.8, 4) is 5.75 Å². The van der Waals surface area contributed by atoms with Gasteiger partial charge in [-0.2, -0.15) is 0 Å². The Kier molecular flexibility index (Phi) is 3.65. The lowest BCUT2D eigenvalue weighted by atomic mass is 10.00. The Labute approximate surface area is 122 Å². The minimum atomic E-state index is -0.438. The molecule has 104 valence electrons. The average molecular weight is 280 g/mol. The maximum absolute atomic E-state index is 13.2. The van der Waals surface area contributed by atoms with Gasteiger partial charge in [0.25, 0.3) is 0 Å². The third-order valence-electron chi connectivity index (χ3n) is 3.25. The first-order valence-corrected chi connectivity index (χ1v) is 6.63. The minimum Gasteiger partial charge on any atom is -0.488 e. The van der Waals surface area contributed by atoms with Crippen molar-refractivity contribution in [1.82, 2.24) is 0 Å². The van der Waals surface area contributed by atoms with Crippen LogP contribution >= 0.6 is 0 Å². The number of carbonyl (C=O) groups is 1. The van der Waals surface area contributed by atoms with Crippen molar-refractivity contribution in [2.75, 3.05) is 6.61 Å². The molecule has 1 aliphatic heterocycles. The highest BCUT2D eigenvalue weighted by Gasteiger charge is 2.23. The van der Waals surface area contributed by atoms with Crippen molar-refractivity contribution in [1.29, 1.82) is 0 Å². The zero-order chi connectivity index (χ0) is 14.7. The van der Waals surface area contributed by atoms with E-state index >= 15 is 0 Å². The summed E-state index contributed by atoms with van der Waals surface area (Å²) < 4.78 is 18.7. The normalized spacial score (nSPS) is 16.0. The number of ether oxygens (including phenoxy) is 1. The van der Waals surface area contributed by atoms with Gasteiger partial charge in [-0.05, 0) is 23.8 Å². The van der Waals surface area contributed by atoms with E-state index in [0.717, 1.165) is 5.56 Å². The van der Waals surface area contributed by atoms with E-state index in [1.54, 1.807) is 12.2 Å². The fourth-order valence-corrected chi connectivity index (χ4v) is 2.16. The van der Waals surface area contributed by atoms with Crippen molar-refractivity contribution < 1.29 is 13.9 Å². The van der Waals surface area contributed by atoms with Gasteiger partial charge in [0.2, 0.25) is 0 Å². The third kappa shape index (κ3) is 2.92. The molecule has 3 heteroatoms. The summed E-state index contributed by atoms with van der Waals surface area (Å²) in [5.41, 5.74) is 1.84. The number of fused-ring (bicyclic) bond motifs is 1. The molecule has 1 heterocycles. The zero-order valence-corrected chi connectivity index (χ0v) is 11.3. The van der Waals surface area contributed by atoms with Crippen LogP contribution in [-0.4, -0.2) is 12.4 Å². The quantitative estimate of drug-likeness (QED) is 0.776. The number of Topliss-reactive ketones (excluding diaryl/α,β-unsaturated/α-hetero) is 1. The Balaban J connectivity index is 1.83. The van der Waals surface area contributed by atoms with Gasteiger partial charge in [0.05, 0.1) is 5.56 Å². The standard InChI is InChI=1S/C18H13FO2/c19-15-9-10-17-16(11-15)18(20)14(12-21-17)8-4-7-13-5-2-1-3-6-13/h1-11H,12H2/b7-4+,14-8+. The van der Waals surface area contributed by atoms with E-state index in [4.69, 9.17) is 4.74 Å². The molecular weight excluding hydrogens is 267 g/mol. The number of benzene rings is 2. The number of halogens is 1.